The van der Waals surface area contributed by atoms with Gasteiger partial charge >= 0.3 is 0 Å². The number of rotatable bonds is 6. The van der Waals surface area contributed by atoms with E-state index in [-0.39, 0.29) is 0 Å². The van der Waals surface area contributed by atoms with Crippen molar-refractivity contribution >= 4 is 0 Å². The molecule has 0 saturated carbocycles. The number of benzene rings is 1. The van der Waals surface area contributed by atoms with Crippen molar-refractivity contribution in [3.8, 4) is 0 Å². The van der Waals surface area contributed by atoms with Crippen LogP contribution in [0.3, 0.4) is 0 Å². The third kappa shape index (κ3) is 4.00. The summed E-state index contributed by atoms with van der Waals surface area (Å²) in [6, 6.07) is 9.08. The number of unbranched alkanes of at least 4 members (excludes halogenated alkanes) is 2. The highest BCUT2D eigenvalue weighted by molar-refractivity contribution is 5.33. The summed E-state index contributed by atoms with van der Waals surface area (Å²) < 4.78 is 0. The molecule has 0 aliphatic rings. The number of hydrogen-bond acceptors (Lipinski definition) is 0. The minimum atomic E-state index is 0.634. The van der Waals surface area contributed by atoms with Gasteiger partial charge in [0, 0.05) is 5.92 Å². The lowest BCUT2D eigenvalue weighted by molar-refractivity contribution is 0.685. The van der Waals surface area contributed by atoms with Crippen molar-refractivity contribution in [1.82, 2.24) is 0 Å². The smallest absolute Gasteiger partial charge is 0.00189 e. The minimum Gasteiger partial charge on any atom is -0.0654 e. The summed E-state index contributed by atoms with van der Waals surface area (Å²) in [6.45, 7) is 9.01. The Morgan fingerprint density at radius 2 is 1.69 bits per heavy atom. The molecule has 1 aromatic carbocycles. The van der Waals surface area contributed by atoms with Gasteiger partial charge in [0.25, 0.3) is 0 Å². The van der Waals surface area contributed by atoms with Crippen LogP contribution in [-0.2, 0) is 0 Å². The Bertz CT molecular complexity index is 281. The van der Waals surface area contributed by atoms with E-state index in [0.29, 0.717) is 5.92 Å². The second-order valence-corrected chi connectivity index (χ2v) is 5.01. The largest absolute Gasteiger partial charge is 0.0654 e. The second kappa shape index (κ2) is 6.73. The van der Waals surface area contributed by atoms with E-state index in [4.69, 9.17) is 0 Å². The molecule has 1 aromatic rings. The molecular weight excluding hydrogens is 192 g/mol. The fourth-order valence-electron chi connectivity index (χ4n) is 1.94. The van der Waals surface area contributed by atoms with E-state index in [1.807, 2.05) is 0 Å². The lowest BCUT2D eigenvalue weighted by Gasteiger charge is -2.12. The van der Waals surface area contributed by atoms with E-state index in [9.17, 15) is 0 Å². The van der Waals surface area contributed by atoms with Gasteiger partial charge in [-0.25, -0.2) is 0 Å². The Balaban J connectivity index is 2.52. The molecular formula is C16H25. The van der Waals surface area contributed by atoms with Gasteiger partial charge in [-0.05, 0) is 23.5 Å². The monoisotopic (exact) mass is 217 g/mol. The van der Waals surface area contributed by atoms with Gasteiger partial charge < -0.3 is 0 Å². The van der Waals surface area contributed by atoms with E-state index in [1.54, 1.807) is 0 Å². The van der Waals surface area contributed by atoms with Crippen LogP contribution in [0.2, 0.25) is 0 Å². The van der Waals surface area contributed by atoms with Crippen molar-refractivity contribution in [2.45, 2.75) is 59.3 Å². The molecule has 0 aromatic heterocycles. The van der Waals surface area contributed by atoms with Gasteiger partial charge in [-0.2, -0.15) is 0 Å². The molecule has 0 N–H and O–H groups in total. The predicted molar refractivity (Wildman–Crippen MR) is 72.7 cm³/mol. The van der Waals surface area contributed by atoms with Crippen LogP contribution in [0.25, 0.3) is 0 Å². The third-order valence-electron chi connectivity index (χ3n) is 3.23. The van der Waals surface area contributed by atoms with Gasteiger partial charge in [-0.1, -0.05) is 71.2 Å². The quantitative estimate of drug-likeness (QED) is 0.565. The summed E-state index contributed by atoms with van der Waals surface area (Å²) in [5.74, 6) is 2.17. The van der Waals surface area contributed by atoms with Gasteiger partial charge in [-0.15, -0.1) is 0 Å². The Labute approximate surface area is 101 Å². The van der Waals surface area contributed by atoms with Crippen molar-refractivity contribution in [2.24, 2.45) is 0 Å². The van der Waals surface area contributed by atoms with E-state index < -0.39 is 0 Å². The molecule has 0 fully saturated rings. The first kappa shape index (κ1) is 13.3. The van der Waals surface area contributed by atoms with Gasteiger partial charge in [0.15, 0.2) is 0 Å². The van der Waals surface area contributed by atoms with Crippen LogP contribution in [0, 0.1) is 5.92 Å². The predicted octanol–water partition coefficient (Wildman–Crippen LogP) is 5.33. The fraction of sp³-hybridized carbons (Fsp3) is 0.562. The van der Waals surface area contributed by atoms with Crippen molar-refractivity contribution in [2.75, 3.05) is 0 Å². The maximum atomic E-state index is 2.27. The lowest BCUT2D eigenvalue weighted by Crippen LogP contribution is -1.96. The molecule has 1 radical (unpaired) electrons. The van der Waals surface area contributed by atoms with Gasteiger partial charge in [-0.3, -0.25) is 0 Å². The van der Waals surface area contributed by atoms with Crippen molar-refractivity contribution in [3.63, 3.8) is 0 Å². The average molecular weight is 217 g/mol. The Morgan fingerprint density at radius 1 is 1.06 bits per heavy atom. The topological polar surface area (TPSA) is 0 Å². The highest BCUT2D eigenvalue weighted by Crippen LogP contribution is 2.23. The highest BCUT2D eigenvalue weighted by atomic mass is 14.1. The van der Waals surface area contributed by atoms with Crippen LogP contribution in [-0.4, -0.2) is 0 Å². The molecule has 0 unspecified atom stereocenters. The van der Waals surface area contributed by atoms with Crippen molar-refractivity contribution in [1.29, 1.82) is 0 Å². The summed E-state index contributed by atoms with van der Waals surface area (Å²) in [5, 5.41) is 0. The maximum absolute atomic E-state index is 2.27. The molecule has 0 nitrogen and oxygen atoms in total. The standard InChI is InChI=1S/C16H25/c1-5-6-7-8-14(4)16-11-9-15(10-12-16)13(2)3/h9-13H,5-8H2,1-4H3. The lowest BCUT2D eigenvalue weighted by atomic mass is 9.93. The summed E-state index contributed by atoms with van der Waals surface area (Å²) in [4.78, 5) is 0. The zero-order valence-electron chi connectivity index (χ0n) is 11.2. The zero-order chi connectivity index (χ0) is 12.0. The van der Waals surface area contributed by atoms with Gasteiger partial charge in [0.2, 0.25) is 0 Å². The Hall–Kier alpha value is -0.780. The Morgan fingerprint density at radius 3 is 2.19 bits per heavy atom. The molecule has 1 rings (SSSR count). The number of hydrogen-bond donors (Lipinski definition) is 0. The Kier molecular flexibility index (Phi) is 5.59. The zero-order valence-corrected chi connectivity index (χ0v) is 11.2. The molecule has 89 valence electrons. The molecule has 0 bridgehead atoms. The normalized spacial score (nSPS) is 11.4. The van der Waals surface area contributed by atoms with E-state index in [2.05, 4.69) is 52.0 Å². The van der Waals surface area contributed by atoms with Crippen LogP contribution in [0.4, 0.5) is 0 Å². The molecule has 16 heavy (non-hydrogen) atoms. The molecule has 0 aliphatic heterocycles. The van der Waals surface area contributed by atoms with E-state index in [0.717, 1.165) is 0 Å². The third-order valence-corrected chi connectivity index (χ3v) is 3.23. The van der Waals surface area contributed by atoms with Gasteiger partial charge in [0.1, 0.15) is 0 Å². The van der Waals surface area contributed by atoms with Crippen LogP contribution in [0.15, 0.2) is 24.3 Å². The molecule has 0 heterocycles. The van der Waals surface area contributed by atoms with Crippen molar-refractivity contribution < 1.29 is 0 Å². The second-order valence-electron chi connectivity index (χ2n) is 5.01. The molecule has 0 aliphatic carbocycles. The fourth-order valence-corrected chi connectivity index (χ4v) is 1.94. The summed E-state index contributed by atoms with van der Waals surface area (Å²) in [5.41, 5.74) is 2.85. The van der Waals surface area contributed by atoms with Crippen LogP contribution >= 0.6 is 0 Å². The molecule has 0 spiro atoms. The summed E-state index contributed by atoms with van der Waals surface area (Å²) >= 11 is 0. The molecule has 0 atom stereocenters. The van der Waals surface area contributed by atoms with Crippen LogP contribution in [0.5, 0.6) is 0 Å². The van der Waals surface area contributed by atoms with Crippen LogP contribution in [0.1, 0.15) is 70.4 Å². The van der Waals surface area contributed by atoms with Crippen LogP contribution < -0.4 is 0 Å². The first-order chi connectivity index (χ1) is 7.65. The first-order valence-electron chi connectivity index (χ1n) is 6.58. The van der Waals surface area contributed by atoms with E-state index in [1.165, 1.54) is 42.7 Å². The molecule has 0 heteroatoms. The van der Waals surface area contributed by atoms with Crippen molar-refractivity contribution in [3.05, 3.63) is 41.3 Å². The average Bonchev–Trinajstić information content (AvgIpc) is 2.29. The molecule has 0 amide bonds. The maximum Gasteiger partial charge on any atom is 0.00189 e. The van der Waals surface area contributed by atoms with E-state index >= 15 is 0 Å². The minimum absolute atomic E-state index is 0.634. The first-order valence-corrected chi connectivity index (χ1v) is 6.58. The SMILES string of the molecule is CCCCC[C](C)c1ccc(C(C)C)cc1. The summed E-state index contributed by atoms with van der Waals surface area (Å²) in [6.07, 6.45) is 5.23. The van der Waals surface area contributed by atoms with Gasteiger partial charge in [0.05, 0.1) is 0 Å². The molecule has 0 saturated heterocycles. The highest BCUT2D eigenvalue weighted by Gasteiger charge is 2.06. The summed E-state index contributed by atoms with van der Waals surface area (Å²) in [7, 11) is 0.